The van der Waals surface area contributed by atoms with Gasteiger partial charge in [0.1, 0.15) is 6.10 Å². The Morgan fingerprint density at radius 1 is 1.47 bits per heavy atom. The number of unbranched alkanes of at least 4 members (excludes halogenated alkanes) is 1. The number of rotatable bonds is 4. The lowest BCUT2D eigenvalue weighted by molar-refractivity contribution is 0.0364. The molecule has 1 atom stereocenters. The second-order valence-electron chi connectivity index (χ2n) is 4.20. The molecule has 4 heteroatoms. The van der Waals surface area contributed by atoms with Gasteiger partial charge >= 0.3 is 5.97 Å². The van der Waals surface area contributed by atoms with E-state index in [-0.39, 0.29) is 12.1 Å². The second-order valence-corrected chi connectivity index (χ2v) is 4.20. The topological polar surface area (TPSA) is 69.4 Å². The number of hydrogen-bond acceptors (Lipinski definition) is 3. The molecule has 0 aromatic heterocycles. The zero-order valence-corrected chi connectivity index (χ0v) is 9.73. The summed E-state index contributed by atoms with van der Waals surface area (Å²) >= 11 is 0. The molecule has 0 saturated carbocycles. The molecule has 1 aromatic carbocycles. The fraction of sp³-hybridized carbons (Fsp3) is 0.385. The van der Waals surface area contributed by atoms with Crippen molar-refractivity contribution in [1.82, 2.24) is 0 Å². The molecule has 0 radical (unpaired) electrons. The number of nitrogens with two attached hydrogens (primary N) is 1. The van der Waals surface area contributed by atoms with Crippen LogP contribution < -0.4 is 5.73 Å². The Hall–Kier alpha value is -1.84. The highest BCUT2D eigenvalue weighted by Crippen LogP contribution is 2.34. The lowest BCUT2D eigenvalue weighted by Crippen LogP contribution is -2.11. The Morgan fingerprint density at radius 3 is 2.88 bits per heavy atom. The average Bonchev–Trinajstić information content (AvgIpc) is 2.63. The third kappa shape index (κ3) is 2.16. The van der Waals surface area contributed by atoms with Crippen molar-refractivity contribution >= 4 is 11.9 Å². The van der Waals surface area contributed by atoms with Crippen LogP contribution >= 0.6 is 0 Å². The summed E-state index contributed by atoms with van der Waals surface area (Å²) < 4.78 is 5.28. The van der Waals surface area contributed by atoms with E-state index in [0.717, 1.165) is 24.8 Å². The second kappa shape index (κ2) is 4.57. The van der Waals surface area contributed by atoms with Crippen molar-refractivity contribution in [2.45, 2.75) is 32.3 Å². The van der Waals surface area contributed by atoms with Crippen molar-refractivity contribution in [2.75, 3.05) is 0 Å². The molecule has 2 N–H and O–H groups in total. The Labute approximate surface area is 99.8 Å². The van der Waals surface area contributed by atoms with Crippen LogP contribution in [0.25, 0.3) is 0 Å². The fourth-order valence-electron chi connectivity index (χ4n) is 2.03. The summed E-state index contributed by atoms with van der Waals surface area (Å²) in [6.45, 7) is 2.09. The summed E-state index contributed by atoms with van der Waals surface area (Å²) in [4.78, 5) is 22.7. The van der Waals surface area contributed by atoms with Crippen LogP contribution in [0.1, 0.15) is 58.6 Å². The normalized spacial score (nSPS) is 17.7. The molecular weight excluding hydrogens is 218 g/mol. The van der Waals surface area contributed by atoms with E-state index in [1.165, 1.54) is 6.07 Å². The van der Waals surface area contributed by atoms with Gasteiger partial charge in [-0.1, -0.05) is 19.4 Å². The molecule has 0 aliphatic carbocycles. The lowest BCUT2D eigenvalue weighted by atomic mass is 9.99. The maximum atomic E-state index is 11.6. The smallest absolute Gasteiger partial charge is 0.339 e. The molecule has 0 saturated heterocycles. The van der Waals surface area contributed by atoms with E-state index in [4.69, 9.17) is 10.5 Å². The standard InChI is InChI=1S/C13H15NO3/c1-2-3-4-11-9-6-5-8(12(14)15)7-10(9)13(16)17-11/h5-7,11H,2-4H2,1H3,(H2,14,15). The number of hydrogen-bond donors (Lipinski definition) is 1. The quantitative estimate of drug-likeness (QED) is 0.810. The molecule has 1 aliphatic heterocycles. The van der Waals surface area contributed by atoms with Crippen molar-refractivity contribution in [3.63, 3.8) is 0 Å². The van der Waals surface area contributed by atoms with Gasteiger partial charge in [-0.15, -0.1) is 0 Å². The number of amides is 1. The van der Waals surface area contributed by atoms with Crippen molar-refractivity contribution in [1.29, 1.82) is 0 Å². The summed E-state index contributed by atoms with van der Waals surface area (Å²) in [6, 6.07) is 4.93. The Balaban J connectivity index is 2.30. The van der Waals surface area contributed by atoms with Gasteiger partial charge < -0.3 is 10.5 Å². The number of cyclic esters (lactones) is 1. The number of fused-ring (bicyclic) bond motifs is 1. The maximum Gasteiger partial charge on any atom is 0.339 e. The first-order chi connectivity index (χ1) is 8.13. The largest absolute Gasteiger partial charge is 0.454 e. The van der Waals surface area contributed by atoms with E-state index in [9.17, 15) is 9.59 Å². The first-order valence-electron chi connectivity index (χ1n) is 5.78. The highest BCUT2D eigenvalue weighted by molar-refractivity contribution is 5.99. The molecule has 0 bridgehead atoms. The first kappa shape index (κ1) is 11.6. The van der Waals surface area contributed by atoms with Crippen molar-refractivity contribution in [2.24, 2.45) is 5.73 Å². The fourth-order valence-corrected chi connectivity index (χ4v) is 2.03. The molecule has 90 valence electrons. The number of primary amides is 1. The molecule has 1 amide bonds. The zero-order valence-electron chi connectivity index (χ0n) is 9.73. The zero-order chi connectivity index (χ0) is 12.4. The molecule has 4 nitrogen and oxygen atoms in total. The van der Waals surface area contributed by atoms with Gasteiger partial charge in [-0.05, 0) is 25.0 Å². The SMILES string of the molecule is CCCCC1OC(=O)c2cc(C(N)=O)ccc21. The third-order valence-electron chi connectivity index (χ3n) is 2.97. The van der Waals surface area contributed by atoms with Crippen LogP contribution in [0.4, 0.5) is 0 Å². The minimum atomic E-state index is -0.530. The predicted octanol–water partition coefficient (Wildman–Crippen LogP) is 2.19. The van der Waals surface area contributed by atoms with Crippen LogP contribution in [0, 0.1) is 0 Å². The molecule has 1 aliphatic rings. The molecule has 1 unspecified atom stereocenters. The van der Waals surface area contributed by atoms with E-state index in [1.807, 2.05) is 0 Å². The highest BCUT2D eigenvalue weighted by atomic mass is 16.5. The number of benzene rings is 1. The van der Waals surface area contributed by atoms with Crippen LogP contribution in [-0.2, 0) is 4.74 Å². The van der Waals surface area contributed by atoms with Crippen LogP contribution in [0.15, 0.2) is 18.2 Å². The first-order valence-corrected chi connectivity index (χ1v) is 5.78. The summed E-state index contributed by atoms with van der Waals surface area (Å²) in [7, 11) is 0. The Kier molecular flexibility index (Phi) is 3.13. The van der Waals surface area contributed by atoms with Gasteiger partial charge in [0.2, 0.25) is 5.91 Å². The molecule has 1 heterocycles. The summed E-state index contributed by atoms with van der Waals surface area (Å²) in [5, 5.41) is 0. The Bertz CT molecular complexity index is 468. The van der Waals surface area contributed by atoms with Gasteiger partial charge in [0.15, 0.2) is 0 Å². The van der Waals surface area contributed by atoms with E-state index in [1.54, 1.807) is 12.1 Å². The van der Waals surface area contributed by atoms with Gasteiger partial charge in [0.05, 0.1) is 5.56 Å². The summed E-state index contributed by atoms with van der Waals surface area (Å²) in [5.74, 6) is -0.887. The van der Waals surface area contributed by atoms with Gasteiger partial charge in [0, 0.05) is 11.1 Å². The highest BCUT2D eigenvalue weighted by Gasteiger charge is 2.30. The Morgan fingerprint density at radius 2 is 2.24 bits per heavy atom. The number of carbonyl (C=O) groups is 2. The molecular formula is C13H15NO3. The number of ether oxygens (including phenoxy) is 1. The summed E-state index contributed by atoms with van der Waals surface area (Å²) in [5.41, 5.74) is 6.86. The van der Waals surface area contributed by atoms with Gasteiger partial charge in [-0.2, -0.15) is 0 Å². The van der Waals surface area contributed by atoms with Crippen molar-refractivity contribution in [3.8, 4) is 0 Å². The van der Waals surface area contributed by atoms with Crippen LogP contribution in [-0.4, -0.2) is 11.9 Å². The molecule has 17 heavy (non-hydrogen) atoms. The van der Waals surface area contributed by atoms with Gasteiger partial charge in [0.25, 0.3) is 0 Å². The van der Waals surface area contributed by atoms with Crippen LogP contribution in [0.5, 0.6) is 0 Å². The molecule has 2 rings (SSSR count). The average molecular weight is 233 g/mol. The lowest BCUT2D eigenvalue weighted by Gasteiger charge is -2.09. The maximum absolute atomic E-state index is 11.6. The molecule has 0 fully saturated rings. The van der Waals surface area contributed by atoms with Crippen LogP contribution in [0.2, 0.25) is 0 Å². The van der Waals surface area contributed by atoms with E-state index >= 15 is 0 Å². The third-order valence-corrected chi connectivity index (χ3v) is 2.97. The van der Waals surface area contributed by atoms with E-state index in [0.29, 0.717) is 11.1 Å². The van der Waals surface area contributed by atoms with Crippen molar-refractivity contribution < 1.29 is 14.3 Å². The van der Waals surface area contributed by atoms with Crippen molar-refractivity contribution in [3.05, 3.63) is 34.9 Å². The molecule has 0 spiro atoms. The summed E-state index contributed by atoms with van der Waals surface area (Å²) in [6.07, 6.45) is 2.72. The number of esters is 1. The monoisotopic (exact) mass is 233 g/mol. The van der Waals surface area contributed by atoms with Crippen LogP contribution in [0.3, 0.4) is 0 Å². The minimum Gasteiger partial charge on any atom is -0.454 e. The van der Waals surface area contributed by atoms with Gasteiger partial charge in [-0.25, -0.2) is 4.79 Å². The number of carbonyl (C=O) groups excluding carboxylic acids is 2. The van der Waals surface area contributed by atoms with E-state index in [2.05, 4.69) is 6.92 Å². The van der Waals surface area contributed by atoms with E-state index < -0.39 is 5.91 Å². The van der Waals surface area contributed by atoms with Gasteiger partial charge in [-0.3, -0.25) is 4.79 Å². The minimum absolute atomic E-state index is 0.167. The predicted molar refractivity (Wildman–Crippen MR) is 62.6 cm³/mol. The molecule has 1 aromatic rings.